The lowest BCUT2D eigenvalue weighted by molar-refractivity contribution is -0.131. The van der Waals surface area contributed by atoms with Crippen molar-refractivity contribution in [1.29, 1.82) is 0 Å². The van der Waals surface area contributed by atoms with Gasteiger partial charge in [0.2, 0.25) is 5.91 Å². The third kappa shape index (κ3) is 4.35. The van der Waals surface area contributed by atoms with E-state index in [4.69, 9.17) is 5.73 Å². The molecule has 21 heavy (non-hydrogen) atoms. The molecule has 0 aliphatic heterocycles. The number of rotatable bonds is 6. The van der Waals surface area contributed by atoms with E-state index in [1.165, 1.54) is 12.1 Å². The number of sulfone groups is 1. The van der Waals surface area contributed by atoms with Crippen LogP contribution in [0, 0.1) is 0 Å². The number of anilines is 2. The number of benzene rings is 1. The second-order valence-electron chi connectivity index (χ2n) is 4.90. The predicted octanol–water partition coefficient (Wildman–Crippen LogP) is 1.34. The molecule has 1 atom stereocenters. The molecule has 118 valence electrons. The van der Waals surface area contributed by atoms with E-state index >= 15 is 0 Å². The molecule has 0 saturated heterocycles. The van der Waals surface area contributed by atoms with Crippen LogP contribution in [0.3, 0.4) is 0 Å². The first kappa shape index (κ1) is 17.3. The maximum Gasteiger partial charge on any atom is 0.244 e. The van der Waals surface area contributed by atoms with Crippen LogP contribution < -0.4 is 11.1 Å². The van der Waals surface area contributed by atoms with E-state index in [1.807, 2.05) is 13.8 Å². The number of carbonyl (C=O) groups excluding carboxylic acids is 1. The smallest absolute Gasteiger partial charge is 0.244 e. The van der Waals surface area contributed by atoms with E-state index < -0.39 is 15.9 Å². The first-order valence-electron chi connectivity index (χ1n) is 6.85. The van der Waals surface area contributed by atoms with Gasteiger partial charge < -0.3 is 16.0 Å². The molecule has 1 aromatic rings. The van der Waals surface area contributed by atoms with Crippen LogP contribution >= 0.6 is 0 Å². The van der Waals surface area contributed by atoms with Gasteiger partial charge in [0.05, 0.1) is 16.3 Å². The fourth-order valence-electron chi connectivity index (χ4n) is 2.01. The molecule has 0 fully saturated rings. The molecule has 0 radical (unpaired) electrons. The Morgan fingerprint density at radius 2 is 1.90 bits per heavy atom. The fourth-order valence-corrected chi connectivity index (χ4v) is 2.66. The lowest BCUT2D eigenvalue weighted by atomic mass is 10.2. The molecule has 1 rings (SSSR count). The van der Waals surface area contributed by atoms with E-state index in [-0.39, 0.29) is 10.8 Å². The van der Waals surface area contributed by atoms with Crippen LogP contribution in [0.25, 0.3) is 0 Å². The summed E-state index contributed by atoms with van der Waals surface area (Å²) in [7, 11) is -3.29. The Balaban J connectivity index is 2.91. The van der Waals surface area contributed by atoms with E-state index in [2.05, 4.69) is 5.32 Å². The summed E-state index contributed by atoms with van der Waals surface area (Å²) in [6, 6.07) is 4.02. The number of amides is 1. The van der Waals surface area contributed by atoms with Crippen molar-refractivity contribution in [3.63, 3.8) is 0 Å². The first-order chi connectivity index (χ1) is 9.70. The largest absolute Gasteiger partial charge is 0.397 e. The summed E-state index contributed by atoms with van der Waals surface area (Å²) in [6.07, 6.45) is 1.13. The highest BCUT2D eigenvalue weighted by Crippen LogP contribution is 2.23. The third-order valence-corrected chi connectivity index (χ3v) is 4.38. The van der Waals surface area contributed by atoms with Gasteiger partial charge in [-0.25, -0.2) is 8.42 Å². The van der Waals surface area contributed by atoms with Crippen molar-refractivity contribution in [3.8, 4) is 0 Å². The maximum absolute atomic E-state index is 12.2. The molecule has 0 saturated carbocycles. The average molecular weight is 313 g/mol. The van der Waals surface area contributed by atoms with Gasteiger partial charge in [-0.3, -0.25) is 4.79 Å². The van der Waals surface area contributed by atoms with Crippen molar-refractivity contribution in [3.05, 3.63) is 18.2 Å². The Hall–Kier alpha value is -1.76. The second-order valence-corrected chi connectivity index (χ2v) is 6.91. The standard InChI is InChI=1S/C14H23N3O3S/c1-5-17(6-2)14(18)10(3)16-13-8-7-11(9-12(13)15)21(4,19)20/h7-10,16H,5-6,15H2,1-4H3. The van der Waals surface area contributed by atoms with Gasteiger partial charge in [-0.1, -0.05) is 0 Å². The Kier molecular flexibility index (Phi) is 5.60. The molecule has 3 N–H and O–H groups in total. The van der Waals surface area contributed by atoms with Crippen LogP contribution in [0.2, 0.25) is 0 Å². The summed E-state index contributed by atoms with van der Waals surface area (Å²) in [5.74, 6) is -0.0217. The molecule has 0 bridgehead atoms. The Bertz CT molecular complexity index is 610. The molecule has 0 aromatic heterocycles. The summed E-state index contributed by atoms with van der Waals surface area (Å²) in [5.41, 5.74) is 6.71. The molecule has 0 heterocycles. The second kappa shape index (κ2) is 6.80. The number of nitrogens with two attached hydrogens (primary N) is 1. The lowest BCUT2D eigenvalue weighted by Gasteiger charge is -2.24. The van der Waals surface area contributed by atoms with E-state index in [0.29, 0.717) is 24.5 Å². The molecule has 1 unspecified atom stereocenters. The summed E-state index contributed by atoms with van der Waals surface area (Å²) in [5, 5.41) is 3.03. The molecule has 7 heteroatoms. The van der Waals surface area contributed by atoms with Crippen LogP contribution in [-0.4, -0.2) is 44.6 Å². The third-order valence-electron chi connectivity index (χ3n) is 3.27. The first-order valence-corrected chi connectivity index (χ1v) is 8.74. The van der Waals surface area contributed by atoms with E-state index in [1.54, 1.807) is 17.9 Å². The molecule has 6 nitrogen and oxygen atoms in total. The Labute approximate surface area is 126 Å². The van der Waals surface area contributed by atoms with Crippen LogP contribution in [0.15, 0.2) is 23.1 Å². The highest BCUT2D eigenvalue weighted by atomic mass is 32.2. The topological polar surface area (TPSA) is 92.5 Å². The van der Waals surface area contributed by atoms with Gasteiger partial charge >= 0.3 is 0 Å². The van der Waals surface area contributed by atoms with Crippen LogP contribution in [0.1, 0.15) is 20.8 Å². The number of likely N-dealkylation sites (N-methyl/N-ethyl adjacent to an activating group) is 1. The average Bonchev–Trinajstić information content (AvgIpc) is 2.41. The zero-order chi connectivity index (χ0) is 16.2. The molecule has 0 aliphatic carbocycles. The number of nitrogen functional groups attached to an aromatic ring is 1. The zero-order valence-electron chi connectivity index (χ0n) is 12.9. The van der Waals surface area contributed by atoms with Gasteiger partial charge in [0.15, 0.2) is 9.84 Å². The normalized spacial score (nSPS) is 12.8. The molecule has 0 aliphatic rings. The highest BCUT2D eigenvalue weighted by molar-refractivity contribution is 7.90. The highest BCUT2D eigenvalue weighted by Gasteiger charge is 2.19. The summed E-state index contributed by atoms with van der Waals surface area (Å²) in [6.45, 7) is 6.88. The van der Waals surface area contributed by atoms with Crippen LogP contribution in [0.4, 0.5) is 11.4 Å². The van der Waals surface area contributed by atoms with Gasteiger partial charge in [0, 0.05) is 19.3 Å². The number of hydrogen-bond donors (Lipinski definition) is 2. The van der Waals surface area contributed by atoms with E-state index in [9.17, 15) is 13.2 Å². The van der Waals surface area contributed by atoms with Gasteiger partial charge in [-0.15, -0.1) is 0 Å². The summed E-state index contributed by atoms with van der Waals surface area (Å²) in [4.78, 5) is 14.1. The van der Waals surface area contributed by atoms with Crippen LogP contribution in [-0.2, 0) is 14.6 Å². The monoisotopic (exact) mass is 313 g/mol. The van der Waals surface area contributed by atoms with Crippen molar-refractivity contribution in [2.75, 3.05) is 30.4 Å². The summed E-state index contributed by atoms with van der Waals surface area (Å²) < 4.78 is 22.9. The van der Waals surface area contributed by atoms with Crippen LogP contribution in [0.5, 0.6) is 0 Å². The fraction of sp³-hybridized carbons (Fsp3) is 0.500. The minimum atomic E-state index is -3.29. The van der Waals surface area contributed by atoms with Gasteiger partial charge in [0.1, 0.15) is 6.04 Å². The molecule has 1 amide bonds. The minimum absolute atomic E-state index is 0.0217. The molecular weight excluding hydrogens is 290 g/mol. The zero-order valence-corrected chi connectivity index (χ0v) is 13.7. The summed E-state index contributed by atoms with van der Waals surface area (Å²) >= 11 is 0. The molecular formula is C14H23N3O3S. The van der Waals surface area contributed by atoms with Gasteiger partial charge in [-0.2, -0.15) is 0 Å². The number of carbonyl (C=O) groups is 1. The SMILES string of the molecule is CCN(CC)C(=O)C(C)Nc1ccc(S(C)(=O)=O)cc1N. The predicted molar refractivity (Wildman–Crippen MR) is 85.0 cm³/mol. The maximum atomic E-state index is 12.2. The quantitative estimate of drug-likeness (QED) is 0.773. The number of nitrogens with one attached hydrogen (secondary N) is 1. The Morgan fingerprint density at radius 1 is 1.33 bits per heavy atom. The Morgan fingerprint density at radius 3 is 2.33 bits per heavy atom. The lowest BCUT2D eigenvalue weighted by Crippen LogP contribution is -2.41. The van der Waals surface area contributed by atoms with Crippen molar-refractivity contribution in [2.24, 2.45) is 0 Å². The van der Waals surface area contributed by atoms with Crippen molar-refractivity contribution in [2.45, 2.75) is 31.7 Å². The van der Waals surface area contributed by atoms with Gasteiger partial charge in [0.25, 0.3) is 0 Å². The van der Waals surface area contributed by atoms with E-state index in [0.717, 1.165) is 6.26 Å². The number of nitrogens with zero attached hydrogens (tertiary/aromatic N) is 1. The van der Waals surface area contributed by atoms with Crippen molar-refractivity contribution in [1.82, 2.24) is 4.90 Å². The minimum Gasteiger partial charge on any atom is -0.397 e. The molecule has 0 spiro atoms. The van der Waals surface area contributed by atoms with Crippen molar-refractivity contribution < 1.29 is 13.2 Å². The van der Waals surface area contributed by atoms with Crippen molar-refractivity contribution >= 4 is 27.1 Å². The molecule has 1 aromatic carbocycles. The number of hydrogen-bond acceptors (Lipinski definition) is 5. The van der Waals surface area contributed by atoms with Gasteiger partial charge in [-0.05, 0) is 39.0 Å².